The van der Waals surface area contributed by atoms with Gasteiger partial charge in [-0.25, -0.2) is 4.98 Å². The first-order chi connectivity index (χ1) is 18.7. The number of carbonyl (C=O) groups excluding carboxylic acids is 3. The van der Waals surface area contributed by atoms with Crippen LogP contribution in [0.25, 0.3) is 16.6 Å². The largest absolute Gasteiger partial charge is 0.383 e. The van der Waals surface area contributed by atoms with Crippen molar-refractivity contribution in [1.82, 2.24) is 14.5 Å². The highest BCUT2D eigenvalue weighted by Gasteiger charge is 2.23. The lowest BCUT2D eigenvalue weighted by Crippen LogP contribution is -2.34. The van der Waals surface area contributed by atoms with Crippen LogP contribution in [0.2, 0.25) is 0 Å². The molecule has 0 bridgehead atoms. The third kappa shape index (κ3) is 5.89. The summed E-state index contributed by atoms with van der Waals surface area (Å²) in [6.45, 7) is 2.35. The van der Waals surface area contributed by atoms with Gasteiger partial charge in [0.25, 0.3) is 5.91 Å². The molecular formula is C29H30N6O4. The van der Waals surface area contributed by atoms with Gasteiger partial charge in [-0.05, 0) is 42.3 Å². The number of nitriles is 1. The van der Waals surface area contributed by atoms with E-state index in [1.807, 2.05) is 28.9 Å². The molecule has 2 aromatic carbocycles. The van der Waals surface area contributed by atoms with E-state index in [0.717, 1.165) is 5.57 Å². The molecule has 0 fully saturated rings. The van der Waals surface area contributed by atoms with Crippen molar-refractivity contribution in [2.75, 3.05) is 26.1 Å². The number of imidazole rings is 1. The van der Waals surface area contributed by atoms with Gasteiger partial charge in [-0.3, -0.25) is 14.4 Å². The number of anilines is 1. The lowest BCUT2D eigenvalue weighted by molar-refractivity contribution is -0.128. The molecule has 200 valence electrons. The summed E-state index contributed by atoms with van der Waals surface area (Å²) in [4.78, 5) is 43.6. The zero-order valence-corrected chi connectivity index (χ0v) is 22.1. The van der Waals surface area contributed by atoms with E-state index in [9.17, 15) is 19.6 Å². The molecule has 0 radical (unpaired) electrons. The second kappa shape index (κ2) is 11.8. The van der Waals surface area contributed by atoms with E-state index in [2.05, 4.69) is 11.4 Å². The fraction of sp³-hybridized carbons (Fsp3) is 0.276. The molecule has 4 rings (SSSR count). The summed E-state index contributed by atoms with van der Waals surface area (Å²) in [6.07, 6.45) is 6.66. The quantitative estimate of drug-likeness (QED) is 0.438. The van der Waals surface area contributed by atoms with Crippen molar-refractivity contribution in [1.29, 1.82) is 5.26 Å². The predicted molar refractivity (Wildman–Crippen MR) is 148 cm³/mol. The summed E-state index contributed by atoms with van der Waals surface area (Å²) in [6, 6.07) is 12.0. The Morgan fingerprint density at radius 3 is 2.72 bits per heavy atom. The van der Waals surface area contributed by atoms with E-state index in [-0.39, 0.29) is 23.9 Å². The van der Waals surface area contributed by atoms with E-state index in [4.69, 9.17) is 15.5 Å². The molecule has 3 aromatic rings. The van der Waals surface area contributed by atoms with Crippen molar-refractivity contribution in [2.45, 2.75) is 32.4 Å². The molecule has 1 unspecified atom stereocenters. The lowest BCUT2D eigenvalue weighted by atomic mass is 10.0. The summed E-state index contributed by atoms with van der Waals surface area (Å²) in [7, 11) is 3.37. The maximum absolute atomic E-state index is 13.6. The van der Waals surface area contributed by atoms with Crippen molar-refractivity contribution >= 4 is 40.0 Å². The number of benzene rings is 2. The molecule has 3 N–H and O–H groups in total. The van der Waals surface area contributed by atoms with Crippen LogP contribution in [-0.2, 0) is 22.5 Å². The number of carbonyl (C=O) groups is 3. The number of ether oxygens (including phenoxy) is 1. The number of methoxy groups -OCH3 is 1. The molecule has 10 heteroatoms. The average Bonchev–Trinajstić information content (AvgIpc) is 3.29. The molecule has 1 aromatic heterocycles. The number of primary amides is 1. The molecular weight excluding hydrogens is 496 g/mol. The van der Waals surface area contributed by atoms with Gasteiger partial charge in [0, 0.05) is 44.4 Å². The Balaban J connectivity index is 1.81. The van der Waals surface area contributed by atoms with E-state index < -0.39 is 11.8 Å². The van der Waals surface area contributed by atoms with Crippen molar-refractivity contribution < 1.29 is 19.1 Å². The number of nitrogens with two attached hydrogens (primary N) is 1. The van der Waals surface area contributed by atoms with Crippen LogP contribution < -0.4 is 11.1 Å². The normalized spacial score (nSPS) is 14.5. The maximum atomic E-state index is 13.6. The van der Waals surface area contributed by atoms with Crippen LogP contribution in [0.15, 0.2) is 54.6 Å². The third-order valence-electron chi connectivity index (χ3n) is 6.68. The summed E-state index contributed by atoms with van der Waals surface area (Å²) in [5.74, 6) is -0.378. The predicted octanol–water partition coefficient (Wildman–Crippen LogP) is 3.29. The molecule has 0 saturated heterocycles. The zero-order valence-electron chi connectivity index (χ0n) is 22.1. The minimum absolute atomic E-state index is 0.0177. The molecule has 1 atom stereocenters. The Bertz CT molecular complexity index is 1550. The minimum atomic E-state index is -0.600. The average molecular weight is 527 g/mol. The fourth-order valence-electron chi connectivity index (χ4n) is 4.56. The Hall–Kier alpha value is -4.75. The number of allylic oxidation sites excluding steroid dienone is 2. The summed E-state index contributed by atoms with van der Waals surface area (Å²) in [5.41, 5.74) is 9.11. The molecule has 0 spiro atoms. The van der Waals surface area contributed by atoms with Gasteiger partial charge in [-0.15, -0.1) is 0 Å². The molecule has 0 aliphatic heterocycles. The molecule has 10 nitrogen and oxygen atoms in total. The second-order valence-corrected chi connectivity index (χ2v) is 9.28. The Morgan fingerprint density at radius 2 is 2.08 bits per heavy atom. The molecule has 3 amide bonds. The van der Waals surface area contributed by atoms with Crippen LogP contribution in [0, 0.1) is 11.3 Å². The molecule has 1 aliphatic rings. The van der Waals surface area contributed by atoms with Crippen molar-refractivity contribution in [2.24, 2.45) is 5.73 Å². The topological polar surface area (TPSA) is 143 Å². The van der Waals surface area contributed by atoms with Crippen molar-refractivity contribution in [3.8, 4) is 6.07 Å². The standard InChI is InChI=1S/C29H30N6O4/c1-18(36)34(2)23-9-7-20(8-10-23)28-33-25-16-19(11-12-30)15-24(26(25)35(28)13-14-39-3)29(38)32-22-6-4-5-21(17-22)27(31)37/h4-9,15-17,23H,10-11,13-14H2,1-3H3,(H2,31,37)(H,32,38). The van der Waals surface area contributed by atoms with Gasteiger partial charge in [0.2, 0.25) is 11.8 Å². The number of rotatable bonds is 9. The van der Waals surface area contributed by atoms with E-state index in [1.54, 1.807) is 43.3 Å². The monoisotopic (exact) mass is 526 g/mol. The number of amides is 3. The summed E-state index contributed by atoms with van der Waals surface area (Å²) >= 11 is 0. The van der Waals surface area contributed by atoms with E-state index >= 15 is 0 Å². The SMILES string of the molecule is COCCn1c(C2=CCC(N(C)C(C)=O)C=C2)nc2cc(CC#N)cc(C(=O)Nc3cccc(C(N)=O)c3)c21. The smallest absolute Gasteiger partial charge is 0.257 e. The third-order valence-corrected chi connectivity index (χ3v) is 6.68. The lowest BCUT2D eigenvalue weighted by Gasteiger charge is -2.26. The number of aromatic nitrogens is 2. The van der Waals surface area contributed by atoms with Crippen LogP contribution in [0.4, 0.5) is 5.69 Å². The number of nitrogens with zero attached hydrogens (tertiary/aromatic N) is 4. The van der Waals surface area contributed by atoms with Crippen LogP contribution >= 0.6 is 0 Å². The summed E-state index contributed by atoms with van der Waals surface area (Å²) < 4.78 is 7.30. The first-order valence-electron chi connectivity index (χ1n) is 12.5. The first kappa shape index (κ1) is 27.3. The van der Waals surface area contributed by atoms with Crippen molar-refractivity contribution in [3.63, 3.8) is 0 Å². The van der Waals surface area contributed by atoms with Crippen LogP contribution in [0.3, 0.4) is 0 Å². The van der Waals surface area contributed by atoms with Crippen LogP contribution in [-0.4, -0.2) is 59.0 Å². The van der Waals surface area contributed by atoms with Crippen molar-refractivity contribution in [3.05, 3.63) is 77.1 Å². The molecule has 0 saturated carbocycles. The maximum Gasteiger partial charge on any atom is 0.257 e. The number of nitrogens with one attached hydrogen (secondary N) is 1. The molecule has 1 aliphatic carbocycles. The van der Waals surface area contributed by atoms with Gasteiger partial charge in [-0.2, -0.15) is 5.26 Å². The van der Waals surface area contributed by atoms with Gasteiger partial charge in [0.05, 0.1) is 41.7 Å². The van der Waals surface area contributed by atoms with E-state index in [1.165, 1.54) is 13.0 Å². The molecule has 39 heavy (non-hydrogen) atoms. The van der Waals surface area contributed by atoms with Gasteiger partial charge in [0.1, 0.15) is 5.82 Å². The highest BCUT2D eigenvalue weighted by atomic mass is 16.5. The number of hydrogen-bond donors (Lipinski definition) is 2. The number of likely N-dealkylation sites (N-methyl/N-ethyl adjacent to an activating group) is 1. The highest BCUT2D eigenvalue weighted by Crippen LogP contribution is 2.30. The Labute approximate surface area is 226 Å². The molecule has 1 heterocycles. The Kier molecular flexibility index (Phi) is 8.22. The van der Waals surface area contributed by atoms with E-state index in [0.29, 0.717) is 53.2 Å². The second-order valence-electron chi connectivity index (χ2n) is 9.28. The number of hydrogen-bond acceptors (Lipinski definition) is 6. The summed E-state index contributed by atoms with van der Waals surface area (Å²) in [5, 5.41) is 12.2. The van der Waals surface area contributed by atoms with Gasteiger partial charge in [-0.1, -0.05) is 24.3 Å². The fourth-order valence-corrected chi connectivity index (χ4v) is 4.56. The van der Waals surface area contributed by atoms with Gasteiger partial charge < -0.3 is 25.3 Å². The Morgan fingerprint density at radius 1 is 1.28 bits per heavy atom. The van der Waals surface area contributed by atoms with Crippen LogP contribution in [0.1, 0.15) is 45.4 Å². The first-order valence-corrected chi connectivity index (χ1v) is 12.5. The minimum Gasteiger partial charge on any atom is -0.383 e. The zero-order chi connectivity index (χ0) is 28.1. The highest BCUT2D eigenvalue weighted by molar-refractivity contribution is 6.12. The van der Waals surface area contributed by atoms with Gasteiger partial charge in [0.15, 0.2) is 0 Å². The van der Waals surface area contributed by atoms with Gasteiger partial charge >= 0.3 is 0 Å². The number of fused-ring (bicyclic) bond motifs is 1. The van der Waals surface area contributed by atoms with Crippen LogP contribution in [0.5, 0.6) is 0 Å².